The van der Waals surface area contributed by atoms with Crippen LogP contribution in [0.4, 0.5) is 5.82 Å². The van der Waals surface area contributed by atoms with Crippen LogP contribution < -0.4 is 5.32 Å². The number of imidazole rings is 1. The maximum atomic E-state index is 13.2. The number of aromatic amines is 1. The number of nitrogens with one attached hydrogen (secondary N) is 2. The van der Waals surface area contributed by atoms with E-state index in [1.165, 1.54) is 6.33 Å². The maximum Gasteiger partial charge on any atom is 0.256 e. The average Bonchev–Trinajstić information content (AvgIpc) is 3.37. The molecular weight excluding hydrogens is 364 g/mol. The lowest BCUT2D eigenvalue weighted by molar-refractivity contribution is 0.0613. The Morgan fingerprint density at radius 2 is 2.15 bits per heavy atom. The first-order chi connectivity index (χ1) is 13.1. The van der Waals surface area contributed by atoms with Crippen molar-refractivity contribution in [1.29, 1.82) is 0 Å². The summed E-state index contributed by atoms with van der Waals surface area (Å²) in [5.41, 5.74) is 3.06. The predicted molar refractivity (Wildman–Crippen MR) is 103 cm³/mol. The molecule has 5 rings (SSSR count). The highest BCUT2D eigenvalue weighted by Gasteiger charge is 2.44. The Balaban J connectivity index is 1.49. The smallest absolute Gasteiger partial charge is 0.256 e. The highest BCUT2D eigenvalue weighted by Crippen LogP contribution is 2.38. The summed E-state index contributed by atoms with van der Waals surface area (Å²) in [6.45, 7) is 2.09. The number of anilines is 1. The minimum Gasteiger partial charge on any atom is -0.364 e. The van der Waals surface area contributed by atoms with E-state index in [9.17, 15) is 4.79 Å². The van der Waals surface area contributed by atoms with Crippen LogP contribution in [0.2, 0.25) is 5.02 Å². The number of amides is 1. The lowest BCUT2D eigenvalue weighted by atomic mass is 9.89. The van der Waals surface area contributed by atoms with Gasteiger partial charge in [0.15, 0.2) is 11.5 Å². The molecule has 3 heterocycles. The summed E-state index contributed by atoms with van der Waals surface area (Å²) in [7, 11) is 0. The number of nitrogens with zero attached hydrogens (tertiary/aromatic N) is 4. The Labute approximate surface area is 161 Å². The van der Waals surface area contributed by atoms with Crippen LogP contribution in [0, 0.1) is 0 Å². The molecule has 0 spiro atoms. The summed E-state index contributed by atoms with van der Waals surface area (Å²) in [5.74, 6) is 0.738. The second-order valence-electron chi connectivity index (χ2n) is 7.25. The van der Waals surface area contributed by atoms with Gasteiger partial charge in [0, 0.05) is 12.1 Å². The molecule has 27 heavy (non-hydrogen) atoms. The fourth-order valence-electron chi connectivity index (χ4n) is 3.98. The lowest BCUT2D eigenvalue weighted by Crippen LogP contribution is -2.54. The number of carbonyl (C=O) groups is 1. The minimum absolute atomic E-state index is 0.00285. The van der Waals surface area contributed by atoms with Gasteiger partial charge in [0.1, 0.15) is 11.8 Å². The Morgan fingerprint density at radius 1 is 1.30 bits per heavy atom. The van der Waals surface area contributed by atoms with Gasteiger partial charge in [-0.05, 0) is 37.8 Å². The fourth-order valence-corrected chi connectivity index (χ4v) is 4.25. The number of fused-ring (bicyclic) bond motifs is 2. The van der Waals surface area contributed by atoms with E-state index < -0.39 is 0 Å². The predicted octanol–water partition coefficient (Wildman–Crippen LogP) is 3.04. The summed E-state index contributed by atoms with van der Waals surface area (Å²) in [6, 6.07) is 6.04. The molecule has 2 atom stereocenters. The third-order valence-corrected chi connectivity index (χ3v) is 5.75. The van der Waals surface area contributed by atoms with Gasteiger partial charge >= 0.3 is 0 Å². The van der Waals surface area contributed by atoms with Crippen LogP contribution in [0.5, 0.6) is 0 Å². The number of hydrogen-bond acceptors (Lipinski definition) is 5. The molecule has 2 N–H and O–H groups in total. The van der Waals surface area contributed by atoms with E-state index in [1.807, 2.05) is 17.0 Å². The summed E-state index contributed by atoms with van der Waals surface area (Å²) in [5, 5.41) is 4.01. The van der Waals surface area contributed by atoms with Gasteiger partial charge in [-0.25, -0.2) is 15.0 Å². The summed E-state index contributed by atoms with van der Waals surface area (Å²) in [4.78, 5) is 31.0. The van der Waals surface area contributed by atoms with Crippen molar-refractivity contribution in [3.8, 4) is 0 Å². The van der Waals surface area contributed by atoms with E-state index in [1.54, 1.807) is 12.4 Å². The molecule has 0 radical (unpaired) electrons. The molecule has 3 aromatic rings. The van der Waals surface area contributed by atoms with Crippen molar-refractivity contribution < 1.29 is 4.79 Å². The summed E-state index contributed by atoms with van der Waals surface area (Å²) >= 11 is 6.35. The van der Waals surface area contributed by atoms with Crippen molar-refractivity contribution in [3.63, 3.8) is 0 Å². The van der Waals surface area contributed by atoms with Crippen molar-refractivity contribution in [2.45, 2.75) is 44.3 Å². The van der Waals surface area contributed by atoms with Crippen LogP contribution in [0.15, 0.2) is 30.9 Å². The van der Waals surface area contributed by atoms with Crippen LogP contribution in [-0.2, 0) is 6.42 Å². The minimum atomic E-state index is 0.00285. The Hall–Kier alpha value is -2.67. The van der Waals surface area contributed by atoms with Crippen LogP contribution in [0.3, 0.4) is 0 Å². The third-order valence-electron chi connectivity index (χ3n) is 5.44. The molecule has 0 bridgehead atoms. The van der Waals surface area contributed by atoms with E-state index in [0.29, 0.717) is 28.1 Å². The van der Waals surface area contributed by atoms with Gasteiger partial charge < -0.3 is 15.2 Å². The molecule has 2 aliphatic rings. The molecule has 1 unspecified atom stereocenters. The molecule has 1 aliphatic carbocycles. The van der Waals surface area contributed by atoms with Crippen LogP contribution in [0.25, 0.3) is 11.2 Å². The van der Waals surface area contributed by atoms with Crippen molar-refractivity contribution in [3.05, 3.63) is 47.0 Å². The first-order valence-electron chi connectivity index (χ1n) is 9.14. The highest BCUT2D eigenvalue weighted by atomic mass is 35.5. The van der Waals surface area contributed by atoms with Crippen molar-refractivity contribution in [1.82, 2.24) is 24.8 Å². The monoisotopic (exact) mass is 382 g/mol. The van der Waals surface area contributed by atoms with Crippen molar-refractivity contribution >= 4 is 34.5 Å². The van der Waals surface area contributed by atoms with Crippen LogP contribution in [-0.4, -0.2) is 48.9 Å². The number of H-pyrrole nitrogens is 1. The van der Waals surface area contributed by atoms with E-state index in [4.69, 9.17) is 11.6 Å². The van der Waals surface area contributed by atoms with Gasteiger partial charge in [-0.2, -0.15) is 0 Å². The fraction of sp³-hybridized carbons (Fsp3) is 0.368. The summed E-state index contributed by atoms with van der Waals surface area (Å²) in [6.07, 6.45) is 5.97. The standard InChI is InChI=1S/C19H19ClN6O/c1-10(25-18-16-17(22-8-21-16)23-9-24-18)14-7-11-3-2-4-13(20)15(11)19(27)26(14)12-5-6-12/h2-4,8-10,12,14H,5-7H2,1H3,(H2,21,22,23,24,25)/t10-,14?/m0/s1. The molecule has 1 aliphatic heterocycles. The lowest BCUT2D eigenvalue weighted by Gasteiger charge is -2.40. The number of aromatic nitrogens is 4. The Kier molecular flexibility index (Phi) is 3.79. The maximum absolute atomic E-state index is 13.2. The third kappa shape index (κ3) is 2.73. The van der Waals surface area contributed by atoms with E-state index in [-0.39, 0.29) is 18.0 Å². The molecule has 138 valence electrons. The van der Waals surface area contributed by atoms with Crippen molar-refractivity contribution in [2.24, 2.45) is 0 Å². The second kappa shape index (κ2) is 6.20. The normalized spacial score (nSPS) is 20.6. The van der Waals surface area contributed by atoms with Crippen LogP contribution >= 0.6 is 11.6 Å². The van der Waals surface area contributed by atoms with Crippen LogP contribution in [0.1, 0.15) is 35.7 Å². The van der Waals surface area contributed by atoms with Gasteiger partial charge in [0.25, 0.3) is 5.91 Å². The van der Waals surface area contributed by atoms with E-state index in [2.05, 4.69) is 32.2 Å². The van der Waals surface area contributed by atoms with Gasteiger partial charge in [-0.1, -0.05) is 23.7 Å². The molecule has 1 saturated carbocycles. The molecule has 0 saturated heterocycles. The Bertz CT molecular complexity index is 1030. The second-order valence-corrected chi connectivity index (χ2v) is 7.65. The van der Waals surface area contributed by atoms with Crippen molar-refractivity contribution in [2.75, 3.05) is 5.32 Å². The first-order valence-corrected chi connectivity index (χ1v) is 9.52. The van der Waals surface area contributed by atoms with E-state index in [0.717, 1.165) is 30.3 Å². The zero-order valence-corrected chi connectivity index (χ0v) is 15.6. The molecule has 8 heteroatoms. The number of hydrogen-bond donors (Lipinski definition) is 2. The molecule has 2 aromatic heterocycles. The topological polar surface area (TPSA) is 86.8 Å². The molecular formula is C19H19ClN6O. The first kappa shape index (κ1) is 16.5. The summed E-state index contributed by atoms with van der Waals surface area (Å²) < 4.78 is 0. The molecule has 1 fully saturated rings. The number of rotatable bonds is 4. The zero-order chi connectivity index (χ0) is 18.5. The van der Waals surface area contributed by atoms with E-state index >= 15 is 0 Å². The highest BCUT2D eigenvalue weighted by molar-refractivity contribution is 6.34. The Morgan fingerprint density at radius 3 is 2.96 bits per heavy atom. The van der Waals surface area contributed by atoms with Gasteiger partial charge in [0.05, 0.1) is 23.0 Å². The quantitative estimate of drug-likeness (QED) is 0.724. The van der Waals surface area contributed by atoms with Gasteiger partial charge in [-0.15, -0.1) is 0 Å². The SMILES string of the molecule is C[C@H](Nc1ncnc2nc[nH]c12)C1Cc2cccc(Cl)c2C(=O)N1C1CC1. The largest absolute Gasteiger partial charge is 0.364 e. The molecule has 1 aromatic carbocycles. The van der Waals surface area contributed by atoms with Gasteiger partial charge in [-0.3, -0.25) is 4.79 Å². The average molecular weight is 383 g/mol. The molecule has 7 nitrogen and oxygen atoms in total. The zero-order valence-electron chi connectivity index (χ0n) is 14.8. The number of carbonyl (C=O) groups excluding carboxylic acids is 1. The number of benzene rings is 1. The number of halogens is 1. The molecule has 1 amide bonds. The van der Waals surface area contributed by atoms with Gasteiger partial charge in [0.2, 0.25) is 0 Å².